The third kappa shape index (κ3) is 5.01. The Balaban J connectivity index is 2.61. The molecule has 0 aliphatic carbocycles. The molecule has 1 aromatic rings. The lowest BCUT2D eigenvalue weighted by atomic mass is 10.1. The van der Waals surface area contributed by atoms with Gasteiger partial charge in [0, 0.05) is 5.92 Å². The molecule has 0 saturated heterocycles. The topological polar surface area (TPSA) is 113 Å². The van der Waals surface area contributed by atoms with Crippen molar-refractivity contribution >= 4 is 23.6 Å². The molecule has 7 nitrogen and oxygen atoms in total. The van der Waals surface area contributed by atoms with E-state index in [2.05, 4.69) is 10.6 Å². The maximum Gasteiger partial charge on any atom is 0.330 e. The summed E-state index contributed by atoms with van der Waals surface area (Å²) in [6.07, 6.45) is 0. The van der Waals surface area contributed by atoms with E-state index in [4.69, 9.17) is 5.11 Å². The number of hydrogen-bond donors (Lipinski definition) is 3. The normalized spacial score (nSPS) is 11.6. The van der Waals surface area contributed by atoms with Gasteiger partial charge < -0.3 is 15.7 Å². The summed E-state index contributed by atoms with van der Waals surface area (Å²) in [5.74, 6) is -3.88. The number of carboxylic acid groups (broad SMARTS) is 1. The second-order valence-corrected chi connectivity index (χ2v) is 4.95. The second-order valence-electron chi connectivity index (χ2n) is 4.95. The molecule has 0 aromatic heterocycles. The van der Waals surface area contributed by atoms with Crippen LogP contribution in [-0.2, 0) is 19.2 Å². The summed E-state index contributed by atoms with van der Waals surface area (Å²) >= 11 is 0. The quantitative estimate of drug-likeness (QED) is 0.626. The van der Waals surface area contributed by atoms with Gasteiger partial charge in [0.25, 0.3) is 5.91 Å². The highest BCUT2D eigenvalue weighted by Gasteiger charge is 2.23. The zero-order valence-electron chi connectivity index (χ0n) is 12.3. The highest BCUT2D eigenvalue weighted by molar-refractivity contribution is 6.37. The van der Waals surface area contributed by atoms with Crippen molar-refractivity contribution in [1.29, 1.82) is 0 Å². The van der Waals surface area contributed by atoms with Gasteiger partial charge in [-0.2, -0.15) is 0 Å². The predicted octanol–water partition coefficient (Wildman–Crippen LogP) is 0.270. The number of amides is 2. The van der Waals surface area contributed by atoms with Crippen molar-refractivity contribution < 1.29 is 24.3 Å². The lowest BCUT2D eigenvalue weighted by molar-refractivity contribution is -0.142. The molecule has 0 aliphatic heterocycles. The number of carboxylic acids is 1. The van der Waals surface area contributed by atoms with Crippen molar-refractivity contribution in [3.8, 4) is 0 Å². The van der Waals surface area contributed by atoms with Gasteiger partial charge in [-0.3, -0.25) is 14.4 Å². The molecule has 0 saturated carbocycles. The van der Waals surface area contributed by atoms with E-state index in [1.807, 2.05) is 0 Å². The van der Waals surface area contributed by atoms with Crippen molar-refractivity contribution in [2.75, 3.05) is 6.54 Å². The zero-order valence-corrected chi connectivity index (χ0v) is 12.3. The number of nitrogens with one attached hydrogen (secondary N) is 2. The number of hydrogen-bond acceptors (Lipinski definition) is 4. The Kier molecular flexibility index (Phi) is 6.25. The van der Waals surface area contributed by atoms with Gasteiger partial charge in [-0.1, -0.05) is 44.2 Å². The van der Waals surface area contributed by atoms with Crippen LogP contribution in [0, 0.1) is 5.92 Å². The monoisotopic (exact) mass is 306 g/mol. The fourth-order valence-electron chi connectivity index (χ4n) is 1.66. The largest absolute Gasteiger partial charge is 0.479 e. The fraction of sp³-hybridized carbons (Fsp3) is 0.333. The van der Waals surface area contributed by atoms with Gasteiger partial charge in [-0.25, -0.2) is 4.79 Å². The number of ketones is 1. The summed E-state index contributed by atoms with van der Waals surface area (Å²) in [7, 11) is 0. The first-order chi connectivity index (χ1) is 10.3. The molecule has 1 unspecified atom stereocenters. The molecule has 22 heavy (non-hydrogen) atoms. The van der Waals surface area contributed by atoms with E-state index in [9.17, 15) is 19.2 Å². The number of benzene rings is 1. The number of carbonyl (C=O) groups excluding carboxylic acids is 3. The van der Waals surface area contributed by atoms with Crippen LogP contribution in [0.5, 0.6) is 0 Å². The van der Waals surface area contributed by atoms with Gasteiger partial charge in [0.05, 0.1) is 6.54 Å². The predicted molar refractivity (Wildman–Crippen MR) is 77.8 cm³/mol. The lowest BCUT2D eigenvalue weighted by Gasteiger charge is -2.15. The molecule has 0 bridgehead atoms. The van der Waals surface area contributed by atoms with Crippen LogP contribution < -0.4 is 10.6 Å². The Hall–Kier alpha value is -2.70. The van der Waals surface area contributed by atoms with Crippen molar-refractivity contribution in [3.63, 3.8) is 0 Å². The standard InChI is InChI=1S/C15H18N2O5/c1-9(2)13(19)14(20)16-8-11(18)17-12(15(21)22)10-6-4-3-5-7-10/h3-7,9,12H,8H2,1-2H3,(H,16,20)(H,17,18)(H,21,22). The van der Waals surface area contributed by atoms with Crippen LogP contribution in [0.1, 0.15) is 25.5 Å². The minimum absolute atomic E-state index is 0.410. The summed E-state index contributed by atoms with van der Waals surface area (Å²) in [4.78, 5) is 45.7. The first-order valence-electron chi connectivity index (χ1n) is 6.72. The fourth-order valence-corrected chi connectivity index (χ4v) is 1.66. The van der Waals surface area contributed by atoms with E-state index >= 15 is 0 Å². The second kappa shape index (κ2) is 7.92. The summed E-state index contributed by atoms with van der Waals surface area (Å²) in [6, 6.07) is 6.95. The Labute approximate surface area is 127 Å². The van der Waals surface area contributed by atoms with Gasteiger partial charge in [0.2, 0.25) is 11.7 Å². The molecule has 118 valence electrons. The van der Waals surface area contributed by atoms with Crippen LogP contribution in [0.15, 0.2) is 30.3 Å². The third-order valence-electron chi connectivity index (χ3n) is 2.84. The first-order valence-corrected chi connectivity index (χ1v) is 6.72. The van der Waals surface area contributed by atoms with Crippen molar-refractivity contribution in [2.45, 2.75) is 19.9 Å². The van der Waals surface area contributed by atoms with Crippen LogP contribution in [0.25, 0.3) is 0 Å². The summed E-state index contributed by atoms with van der Waals surface area (Å²) in [5, 5.41) is 13.6. The Morgan fingerprint density at radius 1 is 1.09 bits per heavy atom. The maximum atomic E-state index is 11.7. The van der Waals surface area contributed by atoms with E-state index in [1.54, 1.807) is 44.2 Å². The average Bonchev–Trinajstić information content (AvgIpc) is 2.49. The molecule has 3 N–H and O–H groups in total. The van der Waals surface area contributed by atoms with E-state index in [1.165, 1.54) is 0 Å². The van der Waals surface area contributed by atoms with Gasteiger partial charge in [-0.05, 0) is 5.56 Å². The molecule has 0 spiro atoms. The number of Topliss-reactive ketones (excluding diaryl/α,β-unsaturated/α-hetero) is 1. The van der Waals surface area contributed by atoms with E-state index in [0.29, 0.717) is 5.56 Å². The molecular formula is C15H18N2O5. The number of aliphatic carboxylic acids is 1. The molecule has 7 heteroatoms. The number of carbonyl (C=O) groups is 4. The smallest absolute Gasteiger partial charge is 0.330 e. The Morgan fingerprint density at radius 3 is 2.18 bits per heavy atom. The van der Waals surface area contributed by atoms with Crippen LogP contribution in [0.3, 0.4) is 0 Å². The van der Waals surface area contributed by atoms with E-state index in [0.717, 1.165) is 0 Å². The molecule has 0 heterocycles. The highest BCUT2D eigenvalue weighted by atomic mass is 16.4. The van der Waals surface area contributed by atoms with Gasteiger partial charge >= 0.3 is 5.97 Å². The van der Waals surface area contributed by atoms with Gasteiger partial charge in [-0.15, -0.1) is 0 Å². The van der Waals surface area contributed by atoms with Crippen molar-refractivity contribution in [3.05, 3.63) is 35.9 Å². The van der Waals surface area contributed by atoms with Crippen molar-refractivity contribution in [2.24, 2.45) is 5.92 Å². The van der Waals surface area contributed by atoms with Crippen LogP contribution >= 0.6 is 0 Å². The minimum Gasteiger partial charge on any atom is -0.479 e. The van der Waals surface area contributed by atoms with Crippen LogP contribution in [0.4, 0.5) is 0 Å². The Morgan fingerprint density at radius 2 is 1.68 bits per heavy atom. The maximum absolute atomic E-state index is 11.7. The van der Waals surface area contributed by atoms with Crippen LogP contribution in [0.2, 0.25) is 0 Å². The molecule has 1 aromatic carbocycles. The lowest BCUT2D eigenvalue weighted by Crippen LogP contribution is -2.43. The minimum atomic E-state index is -1.22. The first kappa shape index (κ1) is 17.4. The molecule has 0 aliphatic rings. The summed E-state index contributed by atoms with van der Waals surface area (Å²) < 4.78 is 0. The third-order valence-corrected chi connectivity index (χ3v) is 2.84. The van der Waals surface area contributed by atoms with E-state index in [-0.39, 0.29) is 0 Å². The molecular weight excluding hydrogens is 288 g/mol. The van der Waals surface area contributed by atoms with Crippen molar-refractivity contribution in [1.82, 2.24) is 10.6 Å². The molecule has 1 rings (SSSR count). The highest BCUT2D eigenvalue weighted by Crippen LogP contribution is 2.12. The van der Waals surface area contributed by atoms with Gasteiger partial charge in [0.15, 0.2) is 6.04 Å². The summed E-state index contributed by atoms with van der Waals surface area (Å²) in [6.45, 7) is 2.67. The molecule has 1 atom stereocenters. The summed E-state index contributed by atoms with van der Waals surface area (Å²) in [5.41, 5.74) is 0.410. The Bertz CT molecular complexity index is 569. The SMILES string of the molecule is CC(C)C(=O)C(=O)NCC(=O)NC(C(=O)O)c1ccccc1. The molecule has 0 fully saturated rings. The van der Waals surface area contributed by atoms with Crippen LogP contribution in [-0.4, -0.2) is 35.2 Å². The van der Waals surface area contributed by atoms with Gasteiger partial charge in [0.1, 0.15) is 0 Å². The van der Waals surface area contributed by atoms with E-state index < -0.39 is 42.1 Å². The number of rotatable bonds is 7. The molecule has 0 radical (unpaired) electrons. The zero-order chi connectivity index (χ0) is 16.7. The average molecular weight is 306 g/mol. The molecule has 2 amide bonds.